The SMILES string of the molecule is CC(=O)Nc1ccc(SC(C)/C(O)=C(\C#N)c2nc3ccccc3[nH]2)cc1. The smallest absolute Gasteiger partial charge is 0.221 e. The third kappa shape index (κ3) is 4.30. The van der Waals surface area contributed by atoms with Crippen LogP contribution in [-0.4, -0.2) is 26.2 Å². The van der Waals surface area contributed by atoms with Crippen LogP contribution in [0, 0.1) is 11.3 Å². The van der Waals surface area contributed by atoms with E-state index in [1.807, 2.05) is 43.3 Å². The molecule has 0 saturated heterocycles. The molecule has 1 heterocycles. The van der Waals surface area contributed by atoms with Crippen molar-refractivity contribution in [3.8, 4) is 6.07 Å². The molecule has 3 rings (SSSR count). The number of carbonyl (C=O) groups is 1. The number of nitriles is 1. The van der Waals surface area contributed by atoms with Crippen molar-refractivity contribution < 1.29 is 9.90 Å². The van der Waals surface area contributed by atoms with E-state index in [9.17, 15) is 15.2 Å². The zero-order valence-corrected chi connectivity index (χ0v) is 15.7. The highest BCUT2D eigenvalue weighted by atomic mass is 32.2. The summed E-state index contributed by atoms with van der Waals surface area (Å²) in [6.07, 6.45) is 0. The first-order valence-electron chi connectivity index (χ1n) is 8.30. The predicted octanol–water partition coefficient (Wildman–Crippen LogP) is 4.49. The Morgan fingerprint density at radius 2 is 1.96 bits per heavy atom. The predicted molar refractivity (Wildman–Crippen MR) is 107 cm³/mol. The van der Waals surface area contributed by atoms with Crippen molar-refractivity contribution in [1.29, 1.82) is 5.26 Å². The summed E-state index contributed by atoms with van der Waals surface area (Å²) in [5.41, 5.74) is 2.38. The van der Waals surface area contributed by atoms with Crippen molar-refractivity contribution in [3.05, 3.63) is 60.1 Å². The Balaban J connectivity index is 1.82. The number of carbonyl (C=O) groups excluding carboxylic acids is 1. The number of fused-ring (bicyclic) bond motifs is 1. The average Bonchev–Trinajstić information content (AvgIpc) is 3.07. The summed E-state index contributed by atoms with van der Waals surface area (Å²) < 4.78 is 0. The van der Waals surface area contributed by atoms with Crippen LogP contribution >= 0.6 is 11.8 Å². The number of anilines is 1. The zero-order chi connectivity index (χ0) is 19.4. The fraction of sp³-hybridized carbons (Fsp3) is 0.150. The van der Waals surface area contributed by atoms with Gasteiger partial charge in [0.25, 0.3) is 0 Å². The lowest BCUT2D eigenvalue weighted by molar-refractivity contribution is -0.114. The minimum Gasteiger partial charge on any atom is -0.510 e. The summed E-state index contributed by atoms with van der Waals surface area (Å²) in [5, 5.41) is 22.5. The van der Waals surface area contributed by atoms with Crippen LogP contribution in [0.3, 0.4) is 0 Å². The number of amides is 1. The number of allylic oxidation sites excluding steroid dienone is 1. The molecule has 0 bridgehead atoms. The standard InChI is InChI=1S/C20H18N4O2S/c1-12(27-15-9-7-14(8-10-15)22-13(2)25)19(26)16(11-21)20-23-17-5-3-4-6-18(17)24-20/h3-10,12,26H,1-2H3,(H,22,25)(H,23,24)/b19-16-. The number of para-hydroxylation sites is 2. The zero-order valence-electron chi connectivity index (χ0n) is 14.9. The molecule has 0 aliphatic rings. The number of aromatic nitrogens is 2. The Kier molecular flexibility index (Phi) is 5.48. The van der Waals surface area contributed by atoms with E-state index >= 15 is 0 Å². The second-order valence-corrected chi connectivity index (χ2v) is 7.35. The number of aliphatic hydroxyl groups excluding tert-OH is 1. The number of nitrogens with zero attached hydrogens (tertiary/aromatic N) is 2. The van der Waals surface area contributed by atoms with E-state index in [1.165, 1.54) is 18.7 Å². The third-order valence-corrected chi connectivity index (χ3v) is 4.99. The highest BCUT2D eigenvalue weighted by Crippen LogP contribution is 2.31. The molecule has 136 valence electrons. The van der Waals surface area contributed by atoms with Gasteiger partial charge in [0, 0.05) is 17.5 Å². The van der Waals surface area contributed by atoms with Gasteiger partial charge in [0.15, 0.2) is 5.82 Å². The minimum atomic E-state index is -0.348. The largest absolute Gasteiger partial charge is 0.510 e. The van der Waals surface area contributed by atoms with Crippen LogP contribution in [0.15, 0.2) is 59.2 Å². The molecule has 2 aromatic carbocycles. The van der Waals surface area contributed by atoms with Crippen LogP contribution in [0.2, 0.25) is 0 Å². The molecule has 1 unspecified atom stereocenters. The summed E-state index contributed by atoms with van der Waals surface area (Å²) in [6, 6.07) is 16.8. The molecule has 1 atom stereocenters. The maximum absolute atomic E-state index is 11.1. The molecular weight excluding hydrogens is 360 g/mol. The third-order valence-electron chi connectivity index (χ3n) is 3.87. The van der Waals surface area contributed by atoms with Gasteiger partial charge in [-0.15, -0.1) is 11.8 Å². The lowest BCUT2D eigenvalue weighted by atomic mass is 10.2. The maximum atomic E-state index is 11.1. The van der Waals surface area contributed by atoms with Gasteiger partial charge in [0.05, 0.1) is 16.3 Å². The van der Waals surface area contributed by atoms with Crippen LogP contribution in [0.25, 0.3) is 16.6 Å². The van der Waals surface area contributed by atoms with Gasteiger partial charge in [0.1, 0.15) is 17.4 Å². The fourth-order valence-electron chi connectivity index (χ4n) is 2.59. The number of nitrogens with one attached hydrogen (secondary N) is 2. The Bertz CT molecular complexity index is 1010. The van der Waals surface area contributed by atoms with Crippen molar-refractivity contribution in [2.45, 2.75) is 24.0 Å². The summed E-state index contributed by atoms with van der Waals surface area (Å²) in [5.74, 6) is 0.186. The first-order chi connectivity index (χ1) is 13.0. The molecule has 0 aliphatic carbocycles. The van der Waals surface area contributed by atoms with Gasteiger partial charge in [-0.2, -0.15) is 5.26 Å². The summed E-state index contributed by atoms with van der Waals surface area (Å²) in [4.78, 5) is 19.4. The second kappa shape index (κ2) is 7.98. The molecule has 27 heavy (non-hydrogen) atoms. The van der Waals surface area contributed by atoms with E-state index in [2.05, 4.69) is 21.4 Å². The summed E-state index contributed by atoms with van der Waals surface area (Å²) >= 11 is 1.41. The highest BCUT2D eigenvalue weighted by Gasteiger charge is 2.19. The van der Waals surface area contributed by atoms with E-state index in [-0.39, 0.29) is 22.5 Å². The lowest BCUT2D eigenvalue weighted by Gasteiger charge is -2.12. The molecule has 0 radical (unpaired) electrons. The number of aliphatic hydroxyl groups is 1. The Morgan fingerprint density at radius 3 is 2.59 bits per heavy atom. The van der Waals surface area contributed by atoms with Gasteiger partial charge >= 0.3 is 0 Å². The van der Waals surface area contributed by atoms with Gasteiger partial charge in [-0.3, -0.25) is 4.79 Å². The normalized spacial score (nSPS) is 12.9. The van der Waals surface area contributed by atoms with Crippen LogP contribution in [0.1, 0.15) is 19.7 Å². The maximum Gasteiger partial charge on any atom is 0.221 e. The second-order valence-electron chi connectivity index (χ2n) is 5.94. The topological polar surface area (TPSA) is 102 Å². The molecule has 0 spiro atoms. The van der Waals surface area contributed by atoms with E-state index in [0.717, 1.165) is 15.9 Å². The fourth-order valence-corrected chi connectivity index (χ4v) is 3.52. The number of thioether (sulfide) groups is 1. The minimum absolute atomic E-state index is 0.0347. The molecule has 1 amide bonds. The van der Waals surface area contributed by atoms with Crippen LogP contribution in [0.4, 0.5) is 5.69 Å². The van der Waals surface area contributed by atoms with Crippen LogP contribution in [-0.2, 0) is 4.79 Å². The Morgan fingerprint density at radius 1 is 1.26 bits per heavy atom. The molecule has 0 fully saturated rings. The first-order valence-corrected chi connectivity index (χ1v) is 9.18. The highest BCUT2D eigenvalue weighted by molar-refractivity contribution is 8.00. The van der Waals surface area contributed by atoms with Crippen molar-refractivity contribution in [3.63, 3.8) is 0 Å². The molecule has 7 heteroatoms. The monoisotopic (exact) mass is 378 g/mol. The van der Waals surface area contributed by atoms with Gasteiger partial charge in [0.2, 0.25) is 5.91 Å². The van der Waals surface area contributed by atoms with Gasteiger partial charge in [-0.05, 0) is 43.3 Å². The van der Waals surface area contributed by atoms with Crippen LogP contribution < -0.4 is 5.32 Å². The lowest BCUT2D eigenvalue weighted by Crippen LogP contribution is -2.06. The quantitative estimate of drug-likeness (QED) is 0.345. The molecule has 3 N–H and O–H groups in total. The average molecular weight is 378 g/mol. The molecule has 3 aromatic rings. The number of aromatic amines is 1. The number of H-pyrrole nitrogens is 1. The molecule has 0 aliphatic heterocycles. The number of benzene rings is 2. The summed E-state index contributed by atoms with van der Waals surface area (Å²) in [6.45, 7) is 3.27. The molecule has 0 saturated carbocycles. The number of imidazole rings is 1. The van der Waals surface area contributed by atoms with Gasteiger partial charge < -0.3 is 15.4 Å². The number of rotatable bonds is 5. The first kappa shape index (κ1) is 18.5. The van der Waals surface area contributed by atoms with Crippen molar-refractivity contribution in [2.75, 3.05) is 5.32 Å². The van der Waals surface area contributed by atoms with Crippen LogP contribution in [0.5, 0.6) is 0 Å². The van der Waals surface area contributed by atoms with Crippen molar-refractivity contribution in [2.24, 2.45) is 0 Å². The van der Waals surface area contributed by atoms with Gasteiger partial charge in [-0.1, -0.05) is 12.1 Å². The van der Waals surface area contributed by atoms with Crippen molar-refractivity contribution in [1.82, 2.24) is 9.97 Å². The molecule has 1 aromatic heterocycles. The number of hydrogen-bond donors (Lipinski definition) is 3. The summed E-state index contributed by atoms with van der Waals surface area (Å²) in [7, 11) is 0. The Labute approximate surface area is 160 Å². The van der Waals surface area contributed by atoms with Crippen molar-refractivity contribution >= 4 is 40.0 Å². The van der Waals surface area contributed by atoms with Gasteiger partial charge in [-0.25, -0.2) is 4.98 Å². The van der Waals surface area contributed by atoms with E-state index in [4.69, 9.17) is 0 Å². The van der Waals surface area contributed by atoms with E-state index in [0.29, 0.717) is 11.5 Å². The number of hydrogen-bond acceptors (Lipinski definition) is 5. The molecule has 6 nitrogen and oxygen atoms in total. The Hall–Kier alpha value is -3.24. The molecular formula is C20H18N4O2S. The van der Waals surface area contributed by atoms with E-state index < -0.39 is 0 Å². The van der Waals surface area contributed by atoms with E-state index in [1.54, 1.807) is 12.1 Å².